The first-order chi connectivity index (χ1) is 20.8. The molecule has 0 unspecified atom stereocenters. The van der Waals surface area contributed by atoms with Gasteiger partial charge in [-0.25, -0.2) is 0 Å². The topological polar surface area (TPSA) is 16.4 Å². The predicted molar refractivity (Wildman–Crippen MR) is 178 cm³/mol. The van der Waals surface area contributed by atoms with Gasteiger partial charge >= 0.3 is 0 Å². The summed E-state index contributed by atoms with van der Waals surface area (Å²) in [5, 5.41) is 12.2. The van der Waals surface area contributed by atoms with Crippen molar-refractivity contribution in [3.05, 3.63) is 152 Å². The van der Waals surface area contributed by atoms with Crippen LogP contribution >= 0.6 is 0 Å². The summed E-state index contributed by atoms with van der Waals surface area (Å²) in [4.78, 5) is 2.40. The maximum atomic E-state index is 6.33. The molecule has 9 rings (SSSR count). The number of nitrogens with zero attached hydrogens (tertiary/aromatic N) is 1. The first-order valence-electron chi connectivity index (χ1n) is 14.4. The molecule has 0 atom stereocenters. The average Bonchev–Trinajstić information content (AvgIpc) is 3.44. The Morgan fingerprint density at radius 1 is 0.357 bits per heavy atom. The molecule has 0 aliphatic rings. The molecule has 1 heterocycles. The lowest BCUT2D eigenvalue weighted by molar-refractivity contribution is 0.669. The quantitative estimate of drug-likeness (QED) is 0.209. The molecule has 2 nitrogen and oxygen atoms in total. The Hall–Kier alpha value is -5.60. The summed E-state index contributed by atoms with van der Waals surface area (Å²) in [6, 6.07) is 54.3. The Morgan fingerprint density at radius 3 is 1.83 bits per heavy atom. The van der Waals surface area contributed by atoms with Gasteiger partial charge in [0.15, 0.2) is 0 Å². The molecular formula is C40H25NO. The molecule has 2 heteroatoms. The monoisotopic (exact) mass is 535 g/mol. The van der Waals surface area contributed by atoms with Crippen molar-refractivity contribution in [2.45, 2.75) is 0 Å². The van der Waals surface area contributed by atoms with Crippen molar-refractivity contribution in [3.8, 4) is 0 Å². The molecule has 196 valence electrons. The van der Waals surface area contributed by atoms with Crippen molar-refractivity contribution in [1.82, 2.24) is 0 Å². The highest BCUT2D eigenvalue weighted by Gasteiger charge is 2.21. The maximum Gasteiger partial charge on any atom is 0.136 e. The van der Waals surface area contributed by atoms with E-state index in [-0.39, 0.29) is 0 Å². The fraction of sp³-hybridized carbons (Fsp3) is 0. The third kappa shape index (κ3) is 3.33. The van der Waals surface area contributed by atoms with E-state index in [1.54, 1.807) is 0 Å². The van der Waals surface area contributed by atoms with E-state index in [2.05, 4.69) is 150 Å². The van der Waals surface area contributed by atoms with Crippen LogP contribution in [0.4, 0.5) is 17.1 Å². The second-order valence-corrected chi connectivity index (χ2v) is 10.9. The van der Waals surface area contributed by atoms with Crippen LogP contribution in [0, 0.1) is 0 Å². The summed E-state index contributed by atoms with van der Waals surface area (Å²) in [5.41, 5.74) is 5.26. The van der Waals surface area contributed by atoms with Gasteiger partial charge < -0.3 is 9.32 Å². The van der Waals surface area contributed by atoms with Gasteiger partial charge in [-0.05, 0) is 80.8 Å². The molecule has 0 spiro atoms. The Morgan fingerprint density at radius 2 is 1.00 bits per heavy atom. The minimum absolute atomic E-state index is 0.921. The molecule has 42 heavy (non-hydrogen) atoms. The lowest BCUT2D eigenvalue weighted by Crippen LogP contribution is -2.10. The van der Waals surface area contributed by atoms with Crippen LogP contribution in [0.2, 0.25) is 0 Å². The van der Waals surface area contributed by atoms with Crippen molar-refractivity contribution in [2.75, 3.05) is 4.90 Å². The zero-order valence-electron chi connectivity index (χ0n) is 22.8. The molecule has 0 N–H and O–H groups in total. The van der Waals surface area contributed by atoms with Crippen LogP contribution in [0.3, 0.4) is 0 Å². The van der Waals surface area contributed by atoms with Gasteiger partial charge in [0, 0.05) is 32.9 Å². The van der Waals surface area contributed by atoms with Crippen molar-refractivity contribution in [2.24, 2.45) is 0 Å². The Balaban J connectivity index is 1.44. The molecule has 0 aliphatic carbocycles. The number of furan rings is 1. The first kappa shape index (κ1) is 23.1. The van der Waals surface area contributed by atoms with Gasteiger partial charge in [-0.15, -0.1) is 0 Å². The van der Waals surface area contributed by atoms with E-state index < -0.39 is 0 Å². The van der Waals surface area contributed by atoms with E-state index in [1.807, 2.05) is 6.07 Å². The zero-order valence-corrected chi connectivity index (χ0v) is 22.8. The van der Waals surface area contributed by atoms with Gasteiger partial charge in [0.2, 0.25) is 0 Å². The largest absolute Gasteiger partial charge is 0.456 e. The molecule has 0 amide bonds. The number of hydrogen-bond acceptors (Lipinski definition) is 2. The van der Waals surface area contributed by atoms with Crippen LogP contribution < -0.4 is 4.90 Å². The summed E-state index contributed by atoms with van der Waals surface area (Å²) in [6.45, 7) is 0. The smallest absolute Gasteiger partial charge is 0.136 e. The third-order valence-corrected chi connectivity index (χ3v) is 8.59. The van der Waals surface area contributed by atoms with Crippen LogP contribution in [-0.4, -0.2) is 0 Å². The molecule has 9 aromatic rings. The fourth-order valence-electron chi connectivity index (χ4n) is 6.79. The van der Waals surface area contributed by atoms with Crippen LogP contribution in [0.1, 0.15) is 0 Å². The van der Waals surface area contributed by atoms with E-state index >= 15 is 0 Å². The molecule has 0 radical (unpaired) electrons. The van der Waals surface area contributed by atoms with Crippen LogP contribution in [-0.2, 0) is 0 Å². The number of rotatable bonds is 3. The molecule has 0 aliphatic heterocycles. The van der Waals surface area contributed by atoms with Gasteiger partial charge in [0.25, 0.3) is 0 Å². The highest BCUT2D eigenvalue weighted by Crippen LogP contribution is 2.47. The van der Waals surface area contributed by atoms with Crippen LogP contribution in [0.5, 0.6) is 0 Å². The number of benzene rings is 8. The summed E-state index contributed by atoms with van der Waals surface area (Å²) >= 11 is 0. The standard InChI is InChI=1S/C40H25NO/c1-2-13-28(14-3-1)41(29-22-21-26-11-4-5-12-27(26)25-29)35-19-10-18-31-33-23-24-37-40(34-17-8-9-20-36(34)42-37)39(33)32-16-7-6-15-30(32)38(31)35/h1-25H. The Labute approximate surface area is 242 Å². The SMILES string of the molecule is c1ccc(N(c2ccc3ccccc3c2)c2cccc3c4ccc5oc6ccccc6c5c4c4ccccc4c23)cc1. The molecular weight excluding hydrogens is 510 g/mol. The maximum absolute atomic E-state index is 6.33. The highest BCUT2D eigenvalue weighted by atomic mass is 16.3. The Kier molecular flexibility index (Phi) is 4.93. The molecule has 0 fully saturated rings. The van der Waals surface area contributed by atoms with Crippen molar-refractivity contribution < 1.29 is 4.42 Å². The normalized spacial score (nSPS) is 11.8. The molecule has 8 aromatic carbocycles. The van der Waals surface area contributed by atoms with Gasteiger partial charge in [0.1, 0.15) is 11.2 Å². The highest BCUT2D eigenvalue weighted by molar-refractivity contribution is 6.36. The number of fused-ring (bicyclic) bond motifs is 11. The van der Waals surface area contributed by atoms with E-state index in [9.17, 15) is 0 Å². The Bertz CT molecular complexity index is 2440. The van der Waals surface area contributed by atoms with E-state index in [4.69, 9.17) is 4.42 Å². The van der Waals surface area contributed by atoms with Crippen LogP contribution in [0.25, 0.3) is 65.0 Å². The summed E-state index contributed by atoms with van der Waals surface area (Å²) in [7, 11) is 0. The number of para-hydroxylation sites is 2. The average molecular weight is 536 g/mol. The third-order valence-electron chi connectivity index (χ3n) is 8.59. The van der Waals surface area contributed by atoms with E-state index in [0.29, 0.717) is 0 Å². The van der Waals surface area contributed by atoms with Crippen molar-refractivity contribution in [1.29, 1.82) is 0 Å². The number of anilines is 3. The van der Waals surface area contributed by atoms with E-state index in [0.717, 1.165) is 33.6 Å². The van der Waals surface area contributed by atoms with Gasteiger partial charge in [0.05, 0.1) is 5.69 Å². The first-order valence-corrected chi connectivity index (χ1v) is 14.4. The lowest BCUT2D eigenvalue weighted by atomic mass is 9.90. The molecule has 0 bridgehead atoms. The second-order valence-electron chi connectivity index (χ2n) is 10.9. The van der Waals surface area contributed by atoms with Crippen molar-refractivity contribution >= 4 is 82.1 Å². The molecule has 0 saturated heterocycles. The zero-order chi connectivity index (χ0) is 27.6. The minimum Gasteiger partial charge on any atom is -0.456 e. The second kappa shape index (κ2) is 8.95. The molecule has 1 aromatic heterocycles. The minimum atomic E-state index is 0.921. The fourth-order valence-corrected chi connectivity index (χ4v) is 6.79. The summed E-state index contributed by atoms with van der Waals surface area (Å²) in [5.74, 6) is 0. The molecule has 0 saturated carbocycles. The lowest BCUT2D eigenvalue weighted by Gasteiger charge is -2.28. The van der Waals surface area contributed by atoms with E-state index in [1.165, 1.54) is 48.5 Å². The van der Waals surface area contributed by atoms with Crippen LogP contribution in [0.15, 0.2) is 156 Å². The summed E-state index contributed by atoms with van der Waals surface area (Å²) in [6.07, 6.45) is 0. The summed E-state index contributed by atoms with van der Waals surface area (Å²) < 4.78 is 6.33. The van der Waals surface area contributed by atoms with Gasteiger partial charge in [-0.2, -0.15) is 0 Å². The van der Waals surface area contributed by atoms with Crippen molar-refractivity contribution in [3.63, 3.8) is 0 Å². The predicted octanol–water partition coefficient (Wildman–Crippen LogP) is 11.7. The van der Waals surface area contributed by atoms with Gasteiger partial charge in [-0.1, -0.05) is 103 Å². The number of hydrogen-bond donors (Lipinski definition) is 0. The van der Waals surface area contributed by atoms with Gasteiger partial charge in [-0.3, -0.25) is 0 Å².